The van der Waals surface area contributed by atoms with Gasteiger partial charge in [-0.25, -0.2) is 0 Å². The molecular weight excluding hydrogens is 382 g/mol. The number of para-hydroxylation sites is 2. The first-order valence-electron chi connectivity index (χ1n) is 9.00. The number of rotatable bonds is 6. The summed E-state index contributed by atoms with van der Waals surface area (Å²) in [5.41, 5.74) is 1.17. The van der Waals surface area contributed by atoms with Crippen LogP contribution in [0, 0.1) is 10.1 Å². The van der Waals surface area contributed by atoms with Crippen molar-refractivity contribution in [2.45, 2.75) is 12.8 Å². The Balaban J connectivity index is 1.52. The minimum Gasteiger partial charge on any atom is -0.362 e. The number of carbonyl (C=O) groups is 2. The van der Waals surface area contributed by atoms with E-state index in [1.807, 2.05) is 4.90 Å². The van der Waals surface area contributed by atoms with E-state index in [-0.39, 0.29) is 30.2 Å². The lowest BCUT2D eigenvalue weighted by Crippen LogP contribution is -2.49. The zero-order valence-corrected chi connectivity index (χ0v) is 16.0. The predicted molar refractivity (Wildman–Crippen MR) is 107 cm³/mol. The highest BCUT2D eigenvalue weighted by Crippen LogP contribution is 2.28. The second-order valence-corrected chi connectivity index (χ2v) is 6.98. The van der Waals surface area contributed by atoms with Gasteiger partial charge in [-0.05, 0) is 30.3 Å². The highest BCUT2D eigenvalue weighted by molar-refractivity contribution is 6.30. The van der Waals surface area contributed by atoms with Crippen LogP contribution in [0.1, 0.15) is 23.2 Å². The van der Waals surface area contributed by atoms with Crippen molar-refractivity contribution < 1.29 is 14.5 Å². The Morgan fingerprint density at radius 1 is 0.964 bits per heavy atom. The topological polar surface area (TPSA) is 83.8 Å². The van der Waals surface area contributed by atoms with Crippen LogP contribution >= 0.6 is 11.6 Å². The Bertz CT molecular complexity index is 877. The van der Waals surface area contributed by atoms with Crippen LogP contribution in [0.3, 0.4) is 0 Å². The lowest BCUT2D eigenvalue weighted by Gasteiger charge is -2.35. The van der Waals surface area contributed by atoms with Crippen LogP contribution in [-0.4, -0.2) is 47.7 Å². The fourth-order valence-corrected chi connectivity index (χ4v) is 3.37. The summed E-state index contributed by atoms with van der Waals surface area (Å²) in [4.78, 5) is 39.1. The Morgan fingerprint density at radius 3 is 2.25 bits per heavy atom. The summed E-state index contributed by atoms with van der Waals surface area (Å²) in [5, 5.41) is 11.8. The third kappa shape index (κ3) is 4.67. The van der Waals surface area contributed by atoms with Gasteiger partial charge in [0.1, 0.15) is 5.69 Å². The van der Waals surface area contributed by atoms with Crippen LogP contribution in [0.4, 0.5) is 11.4 Å². The van der Waals surface area contributed by atoms with Crippen molar-refractivity contribution >= 4 is 34.7 Å². The third-order valence-electron chi connectivity index (χ3n) is 4.78. The molecule has 1 saturated heterocycles. The molecule has 2 aromatic carbocycles. The van der Waals surface area contributed by atoms with Gasteiger partial charge in [-0.2, -0.15) is 0 Å². The maximum Gasteiger partial charge on any atom is 0.292 e. The monoisotopic (exact) mass is 401 g/mol. The molecule has 0 aliphatic carbocycles. The van der Waals surface area contributed by atoms with Crippen LogP contribution in [0.5, 0.6) is 0 Å². The Morgan fingerprint density at radius 2 is 1.61 bits per heavy atom. The zero-order valence-electron chi connectivity index (χ0n) is 15.2. The van der Waals surface area contributed by atoms with Crippen molar-refractivity contribution in [1.29, 1.82) is 0 Å². The summed E-state index contributed by atoms with van der Waals surface area (Å²) in [6, 6.07) is 13.2. The first-order valence-corrected chi connectivity index (χ1v) is 9.38. The van der Waals surface area contributed by atoms with E-state index in [1.165, 1.54) is 6.07 Å². The van der Waals surface area contributed by atoms with E-state index in [0.29, 0.717) is 42.5 Å². The van der Waals surface area contributed by atoms with Gasteiger partial charge in [-0.3, -0.25) is 19.7 Å². The number of Topliss-reactive ketones (excluding diaryl/α,β-unsaturated/α-hetero) is 1. The number of nitro groups is 1. The molecule has 0 saturated carbocycles. The van der Waals surface area contributed by atoms with Crippen LogP contribution in [-0.2, 0) is 4.79 Å². The molecular formula is C20H20ClN3O4. The van der Waals surface area contributed by atoms with E-state index in [2.05, 4.69) is 0 Å². The van der Waals surface area contributed by atoms with Crippen LogP contribution in [0.2, 0.25) is 5.02 Å². The first-order chi connectivity index (χ1) is 13.5. The summed E-state index contributed by atoms with van der Waals surface area (Å²) in [6.45, 7) is 1.98. The number of hydrogen-bond acceptors (Lipinski definition) is 5. The standard InChI is InChI=1S/C20H20ClN3O4/c21-16-7-5-15(6-8-16)19(25)9-10-20(26)23-13-11-22(12-14-23)17-3-1-2-4-18(17)24(27)28/h1-8H,9-14H2. The molecule has 0 bridgehead atoms. The zero-order chi connectivity index (χ0) is 20.1. The van der Waals surface area contributed by atoms with E-state index in [4.69, 9.17) is 11.6 Å². The van der Waals surface area contributed by atoms with Crippen LogP contribution < -0.4 is 4.90 Å². The molecule has 0 atom stereocenters. The van der Waals surface area contributed by atoms with Gasteiger partial charge in [0, 0.05) is 55.7 Å². The van der Waals surface area contributed by atoms with E-state index in [0.717, 1.165) is 0 Å². The summed E-state index contributed by atoms with van der Waals surface area (Å²) in [5.74, 6) is -0.173. The van der Waals surface area contributed by atoms with Crippen molar-refractivity contribution in [3.05, 3.63) is 69.2 Å². The molecule has 146 valence electrons. The van der Waals surface area contributed by atoms with Gasteiger partial charge in [-0.15, -0.1) is 0 Å². The number of anilines is 1. The molecule has 0 unspecified atom stereocenters. The molecule has 8 heteroatoms. The van der Waals surface area contributed by atoms with Crippen molar-refractivity contribution in [3.8, 4) is 0 Å². The van der Waals surface area contributed by atoms with E-state index >= 15 is 0 Å². The minimum atomic E-state index is -0.394. The fraction of sp³-hybridized carbons (Fsp3) is 0.300. The lowest BCUT2D eigenvalue weighted by atomic mass is 10.1. The van der Waals surface area contributed by atoms with Crippen molar-refractivity contribution in [1.82, 2.24) is 4.90 Å². The minimum absolute atomic E-state index is 0.0656. The van der Waals surface area contributed by atoms with E-state index in [1.54, 1.807) is 47.4 Å². The second-order valence-electron chi connectivity index (χ2n) is 6.54. The second kappa shape index (κ2) is 8.84. The highest BCUT2D eigenvalue weighted by atomic mass is 35.5. The number of hydrogen-bond donors (Lipinski definition) is 0. The van der Waals surface area contributed by atoms with E-state index in [9.17, 15) is 19.7 Å². The average Bonchev–Trinajstić information content (AvgIpc) is 2.72. The number of ketones is 1. The molecule has 3 rings (SSSR count). The Labute approximate surface area is 167 Å². The third-order valence-corrected chi connectivity index (χ3v) is 5.04. The summed E-state index contributed by atoms with van der Waals surface area (Å²) in [6.07, 6.45) is 0.289. The average molecular weight is 402 g/mol. The van der Waals surface area contributed by atoms with Crippen LogP contribution in [0.15, 0.2) is 48.5 Å². The van der Waals surface area contributed by atoms with Gasteiger partial charge in [0.25, 0.3) is 5.69 Å². The number of nitro benzene ring substituents is 1. The maximum absolute atomic E-state index is 12.4. The number of amides is 1. The molecule has 2 aromatic rings. The molecule has 7 nitrogen and oxygen atoms in total. The van der Waals surface area contributed by atoms with Gasteiger partial charge < -0.3 is 9.80 Å². The molecule has 28 heavy (non-hydrogen) atoms. The number of carbonyl (C=O) groups excluding carboxylic acids is 2. The van der Waals surface area contributed by atoms with Crippen LogP contribution in [0.25, 0.3) is 0 Å². The summed E-state index contributed by atoms with van der Waals surface area (Å²) >= 11 is 5.82. The molecule has 1 heterocycles. The highest BCUT2D eigenvalue weighted by Gasteiger charge is 2.25. The van der Waals surface area contributed by atoms with Crippen molar-refractivity contribution in [3.63, 3.8) is 0 Å². The molecule has 1 amide bonds. The normalized spacial score (nSPS) is 14.0. The van der Waals surface area contributed by atoms with Gasteiger partial charge in [0.2, 0.25) is 5.91 Å². The Hall–Kier alpha value is -2.93. The lowest BCUT2D eigenvalue weighted by molar-refractivity contribution is -0.384. The molecule has 1 aliphatic heterocycles. The number of piperazine rings is 1. The predicted octanol–water partition coefficient (Wildman–Crippen LogP) is 3.56. The number of benzene rings is 2. The molecule has 0 aromatic heterocycles. The SMILES string of the molecule is O=C(CCC(=O)N1CCN(c2ccccc2[N+](=O)[O-])CC1)c1ccc(Cl)cc1. The Kier molecular flexibility index (Phi) is 6.26. The quantitative estimate of drug-likeness (QED) is 0.420. The van der Waals surface area contributed by atoms with Gasteiger partial charge in [-0.1, -0.05) is 23.7 Å². The van der Waals surface area contributed by atoms with Gasteiger partial charge in [0.05, 0.1) is 4.92 Å². The smallest absolute Gasteiger partial charge is 0.292 e. The fourth-order valence-electron chi connectivity index (χ4n) is 3.24. The van der Waals surface area contributed by atoms with Crippen molar-refractivity contribution in [2.75, 3.05) is 31.1 Å². The summed E-state index contributed by atoms with van der Waals surface area (Å²) < 4.78 is 0. The summed E-state index contributed by atoms with van der Waals surface area (Å²) in [7, 11) is 0. The molecule has 1 aliphatic rings. The first kappa shape index (κ1) is 19.8. The number of halogens is 1. The molecule has 0 radical (unpaired) electrons. The van der Waals surface area contributed by atoms with Gasteiger partial charge in [0.15, 0.2) is 5.78 Å². The molecule has 1 fully saturated rings. The maximum atomic E-state index is 12.4. The largest absolute Gasteiger partial charge is 0.362 e. The van der Waals surface area contributed by atoms with Crippen molar-refractivity contribution in [2.24, 2.45) is 0 Å². The number of nitrogens with zero attached hydrogens (tertiary/aromatic N) is 3. The van der Waals surface area contributed by atoms with Gasteiger partial charge >= 0.3 is 0 Å². The molecule has 0 N–H and O–H groups in total. The van der Waals surface area contributed by atoms with E-state index < -0.39 is 4.92 Å². The molecule has 0 spiro atoms.